The highest BCUT2D eigenvalue weighted by Gasteiger charge is 2.30. The second-order valence-corrected chi connectivity index (χ2v) is 9.57. The van der Waals surface area contributed by atoms with E-state index >= 15 is 0 Å². The molecule has 3 amide bonds. The number of nitrogens with two attached hydrogens (primary N) is 3. The van der Waals surface area contributed by atoms with Gasteiger partial charge in [0.2, 0.25) is 17.7 Å². The standard InChI is InChI=1S/C21H39N7O7S/c1-11(2)9-15(19(33)27-14(20(34)35)5-4-7-25-21(23)24)28-18(32)13(6-8-36-3)26-17(31)12(22)10-16(29)30/h11-15H,4-10,22H2,1-3H3,(H,26,31)(H,27,33)(H,28,32)(H,29,30)(H,34,35)(H4,23,24,25). The van der Waals surface area contributed by atoms with Crippen LogP contribution >= 0.6 is 11.8 Å². The number of thioether (sulfide) groups is 1. The normalized spacial score (nSPS) is 14.1. The van der Waals surface area contributed by atoms with Crippen LogP contribution < -0.4 is 33.2 Å². The minimum Gasteiger partial charge on any atom is -0.481 e. The Hall–Kier alpha value is -3.07. The summed E-state index contributed by atoms with van der Waals surface area (Å²) in [7, 11) is 0. The molecule has 0 aliphatic rings. The van der Waals surface area contributed by atoms with E-state index in [4.69, 9.17) is 22.3 Å². The number of amides is 3. The first-order valence-electron chi connectivity index (χ1n) is 11.4. The maximum Gasteiger partial charge on any atom is 0.326 e. The highest BCUT2D eigenvalue weighted by molar-refractivity contribution is 7.98. The number of rotatable bonds is 18. The third-order valence-corrected chi connectivity index (χ3v) is 5.52. The zero-order valence-corrected chi connectivity index (χ0v) is 21.7. The van der Waals surface area contributed by atoms with Gasteiger partial charge >= 0.3 is 11.9 Å². The summed E-state index contributed by atoms with van der Waals surface area (Å²) in [5, 5.41) is 25.8. The van der Waals surface area contributed by atoms with E-state index in [9.17, 15) is 29.1 Å². The second-order valence-electron chi connectivity index (χ2n) is 8.59. The van der Waals surface area contributed by atoms with Crippen LogP contribution in [-0.2, 0) is 24.0 Å². The van der Waals surface area contributed by atoms with E-state index in [0.717, 1.165) is 0 Å². The van der Waals surface area contributed by atoms with Crippen molar-refractivity contribution in [2.75, 3.05) is 18.6 Å². The van der Waals surface area contributed by atoms with Gasteiger partial charge in [0, 0.05) is 6.54 Å². The van der Waals surface area contributed by atoms with Crippen molar-refractivity contribution in [3.05, 3.63) is 0 Å². The summed E-state index contributed by atoms with van der Waals surface area (Å²) in [6.07, 6.45) is 1.97. The van der Waals surface area contributed by atoms with Gasteiger partial charge in [-0.2, -0.15) is 11.8 Å². The average Bonchev–Trinajstić information content (AvgIpc) is 2.76. The van der Waals surface area contributed by atoms with Crippen LogP contribution in [-0.4, -0.2) is 88.6 Å². The number of guanidine groups is 1. The lowest BCUT2D eigenvalue weighted by molar-refractivity contribution is -0.142. The number of carboxylic acid groups (broad SMARTS) is 2. The number of nitrogens with zero attached hydrogens (tertiary/aromatic N) is 1. The summed E-state index contributed by atoms with van der Waals surface area (Å²) in [6, 6.07) is -4.71. The molecule has 0 spiro atoms. The Morgan fingerprint density at radius 1 is 0.889 bits per heavy atom. The van der Waals surface area contributed by atoms with Gasteiger partial charge in [-0.25, -0.2) is 4.79 Å². The fourth-order valence-corrected chi connectivity index (χ4v) is 3.54. The molecule has 0 aromatic carbocycles. The predicted molar refractivity (Wildman–Crippen MR) is 136 cm³/mol. The number of carbonyl (C=O) groups excluding carboxylic acids is 3. The van der Waals surface area contributed by atoms with E-state index in [-0.39, 0.29) is 37.7 Å². The fourth-order valence-electron chi connectivity index (χ4n) is 3.07. The molecule has 206 valence electrons. The minimum absolute atomic E-state index is 0.0329. The molecule has 0 rings (SSSR count). The van der Waals surface area contributed by atoms with Crippen molar-refractivity contribution >= 4 is 47.4 Å². The molecule has 0 saturated heterocycles. The van der Waals surface area contributed by atoms with Gasteiger partial charge in [-0.05, 0) is 43.6 Å². The van der Waals surface area contributed by atoms with Gasteiger partial charge in [-0.3, -0.25) is 24.2 Å². The van der Waals surface area contributed by atoms with Crippen molar-refractivity contribution in [2.45, 2.75) is 70.1 Å². The van der Waals surface area contributed by atoms with Gasteiger partial charge < -0.3 is 43.4 Å². The SMILES string of the molecule is CSCCC(NC(=O)C(N)CC(=O)O)C(=O)NC(CC(C)C)C(=O)NC(CCCN=C(N)N)C(=O)O. The van der Waals surface area contributed by atoms with Crippen LogP contribution in [0.15, 0.2) is 4.99 Å². The van der Waals surface area contributed by atoms with Crippen molar-refractivity contribution in [1.82, 2.24) is 16.0 Å². The second kappa shape index (κ2) is 17.4. The van der Waals surface area contributed by atoms with E-state index < -0.39 is 60.2 Å². The molecule has 0 aliphatic carbocycles. The van der Waals surface area contributed by atoms with Crippen LogP contribution in [0.5, 0.6) is 0 Å². The Kier molecular flexibility index (Phi) is 15.9. The van der Waals surface area contributed by atoms with Gasteiger partial charge in [-0.1, -0.05) is 13.8 Å². The Balaban J connectivity index is 5.44. The van der Waals surface area contributed by atoms with Gasteiger partial charge in [-0.15, -0.1) is 0 Å². The van der Waals surface area contributed by atoms with E-state index in [0.29, 0.717) is 12.2 Å². The third kappa shape index (κ3) is 14.4. The first-order chi connectivity index (χ1) is 16.8. The van der Waals surface area contributed by atoms with Crippen LogP contribution in [0, 0.1) is 5.92 Å². The molecule has 0 fully saturated rings. The average molecular weight is 534 g/mol. The van der Waals surface area contributed by atoms with Crippen LogP contribution in [0.2, 0.25) is 0 Å². The first-order valence-corrected chi connectivity index (χ1v) is 12.8. The molecule has 15 heteroatoms. The molecule has 0 radical (unpaired) electrons. The molecule has 14 nitrogen and oxygen atoms in total. The molecule has 0 aromatic rings. The summed E-state index contributed by atoms with van der Waals surface area (Å²) < 4.78 is 0. The molecule has 36 heavy (non-hydrogen) atoms. The zero-order chi connectivity index (χ0) is 27.8. The van der Waals surface area contributed by atoms with E-state index in [2.05, 4.69) is 20.9 Å². The number of carbonyl (C=O) groups is 5. The van der Waals surface area contributed by atoms with E-state index in [1.165, 1.54) is 11.8 Å². The fraction of sp³-hybridized carbons (Fsp3) is 0.714. The Morgan fingerprint density at radius 2 is 1.44 bits per heavy atom. The van der Waals surface area contributed by atoms with Gasteiger partial charge in [0.1, 0.15) is 18.1 Å². The molecule has 4 unspecified atom stereocenters. The van der Waals surface area contributed by atoms with Crippen LogP contribution in [0.25, 0.3) is 0 Å². The molecule has 0 aromatic heterocycles. The maximum atomic E-state index is 13.0. The van der Waals surface area contributed by atoms with Gasteiger partial charge in [0.15, 0.2) is 5.96 Å². The monoisotopic (exact) mass is 533 g/mol. The summed E-state index contributed by atoms with van der Waals surface area (Å²) in [6.45, 7) is 3.84. The molecule has 4 atom stereocenters. The Morgan fingerprint density at radius 3 is 1.94 bits per heavy atom. The predicted octanol–water partition coefficient (Wildman–Crippen LogP) is -1.82. The van der Waals surface area contributed by atoms with Crippen molar-refractivity contribution in [3.8, 4) is 0 Å². The van der Waals surface area contributed by atoms with Gasteiger partial charge in [0.25, 0.3) is 0 Å². The summed E-state index contributed by atoms with van der Waals surface area (Å²) >= 11 is 1.43. The van der Waals surface area contributed by atoms with Crippen molar-refractivity contribution in [3.63, 3.8) is 0 Å². The topological polar surface area (TPSA) is 252 Å². The lowest BCUT2D eigenvalue weighted by atomic mass is 10.0. The van der Waals surface area contributed by atoms with Crippen molar-refractivity contribution < 1.29 is 34.2 Å². The minimum atomic E-state index is -1.35. The van der Waals surface area contributed by atoms with E-state index in [1.54, 1.807) is 6.26 Å². The smallest absolute Gasteiger partial charge is 0.326 e. The van der Waals surface area contributed by atoms with Gasteiger partial charge in [0.05, 0.1) is 12.5 Å². The molecule has 11 N–H and O–H groups in total. The molecule has 0 saturated carbocycles. The summed E-state index contributed by atoms with van der Waals surface area (Å²) in [4.78, 5) is 64.4. The molecule has 0 bridgehead atoms. The van der Waals surface area contributed by atoms with Crippen LogP contribution in [0.4, 0.5) is 0 Å². The highest BCUT2D eigenvalue weighted by atomic mass is 32.2. The Labute approximate surface area is 214 Å². The highest BCUT2D eigenvalue weighted by Crippen LogP contribution is 2.09. The third-order valence-electron chi connectivity index (χ3n) is 4.87. The van der Waals surface area contributed by atoms with Crippen LogP contribution in [0.1, 0.15) is 46.0 Å². The van der Waals surface area contributed by atoms with Crippen molar-refractivity contribution in [2.24, 2.45) is 28.1 Å². The Bertz CT molecular complexity index is 791. The largest absolute Gasteiger partial charge is 0.481 e. The van der Waals surface area contributed by atoms with E-state index in [1.807, 2.05) is 13.8 Å². The number of nitrogens with one attached hydrogen (secondary N) is 3. The number of hydrogen-bond donors (Lipinski definition) is 8. The van der Waals surface area contributed by atoms with Crippen molar-refractivity contribution in [1.29, 1.82) is 0 Å². The maximum absolute atomic E-state index is 13.0. The molecular weight excluding hydrogens is 494 g/mol. The molecule has 0 heterocycles. The first kappa shape index (κ1) is 32.9. The number of hydrogen-bond acceptors (Lipinski definition) is 8. The quantitative estimate of drug-likeness (QED) is 0.0553. The number of aliphatic imine (C=N–C) groups is 1. The number of carboxylic acids is 2. The lowest BCUT2D eigenvalue weighted by Crippen LogP contribution is -2.57. The zero-order valence-electron chi connectivity index (χ0n) is 20.9. The summed E-state index contributed by atoms with van der Waals surface area (Å²) in [5.41, 5.74) is 16.1. The lowest BCUT2D eigenvalue weighted by Gasteiger charge is -2.26. The number of aliphatic carboxylic acids is 2. The van der Waals surface area contributed by atoms with Crippen LogP contribution in [0.3, 0.4) is 0 Å². The summed E-state index contributed by atoms with van der Waals surface area (Å²) in [5.74, 6) is -4.35. The molecule has 0 aliphatic heterocycles. The molecular formula is C21H39N7O7S.